The first-order valence-corrected chi connectivity index (χ1v) is 8.24. The summed E-state index contributed by atoms with van der Waals surface area (Å²) in [6, 6.07) is 9.77. The van der Waals surface area contributed by atoms with E-state index in [2.05, 4.69) is 10.4 Å². The maximum atomic E-state index is 12.6. The molecule has 126 valence electrons. The highest BCUT2D eigenvalue weighted by Gasteiger charge is 2.28. The Morgan fingerprint density at radius 2 is 2.00 bits per heavy atom. The molecule has 2 heterocycles. The van der Waals surface area contributed by atoms with E-state index in [-0.39, 0.29) is 11.8 Å². The Bertz CT molecular complexity index is 752. The van der Waals surface area contributed by atoms with E-state index in [9.17, 15) is 9.59 Å². The van der Waals surface area contributed by atoms with E-state index in [1.54, 1.807) is 9.58 Å². The summed E-state index contributed by atoms with van der Waals surface area (Å²) >= 11 is 0. The van der Waals surface area contributed by atoms with Crippen molar-refractivity contribution in [1.29, 1.82) is 0 Å². The number of nitrogens with zero attached hydrogens (tertiary/aromatic N) is 3. The lowest BCUT2D eigenvalue weighted by Gasteiger charge is -2.27. The number of carbonyl (C=O) groups excluding carboxylic acids is 2. The van der Waals surface area contributed by atoms with Crippen molar-refractivity contribution in [3.8, 4) is 0 Å². The summed E-state index contributed by atoms with van der Waals surface area (Å²) in [6.45, 7) is 3.46. The molecule has 0 atom stereocenters. The molecule has 1 aromatic carbocycles. The fourth-order valence-corrected chi connectivity index (χ4v) is 3.07. The molecule has 2 amide bonds. The number of aromatic nitrogens is 2. The normalized spacial score (nSPS) is 13.5. The van der Waals surface area contributed by atoms with Gasteiger partial charge in [0.2, 0.25) is 5.91 Å². The first kappa shape index (κ1) is 16.2. The Morgan fingerprint density at radius 1 is 1.25 bits per heavy atom. The van der Waals surface area contributed by atoms with Gasteiger partial charge in [-0.05, 0) is 5.56 Å². The van der Waals surface area contributed by atoms with Crippen molar-refractivity contribution in [3.05, 3.63) is 52.8 Å². The molecule has 0 radical (unpaired) electrons. The highest BCUT2D eigenvalue weighted by Crippen LogP contribution is 2.22. The number of hydrogen-bond donors (Lipinski definition) is 1. The molecule has 0 unspecified atom stereocenters. The van der Waals surface area contributed by atoms with Crippen molar-refractivity contribution in [1.82, 2.24) is 20.0 Å². The first-order valence-electron chi connectivity index (χ1n) is 8.24. The summed E-state index contributed by atoms with van der Waals surface area (Å²) in [7, 11) is 1.85. The summed E-state index contributed by atoms with van der Waals surface area (Å²) in [5.74, 6) is -0.0818. The molecule has 0 fully saturated rings. The van der Waals surface area contributed by atoms with Gasteiger partial charge in [-0.15, -0.1) is 0 Å². The van der Waals surface area contributed by atoms with E-state index in [0.29, 0.717) is 31.7 Å². The summed E-state index contributed by atoms with van der Waals surface area (Å²) in [6.07, 6.45) is 1.21. The average molecular weight is 326 g/mol. The van der Waals surface area contributed by atoms with E-state index < -0.39 is 0 Å². The van der Waals surface area contributed by atoms with Gasteiger partial charge in [0.05, 0.1) is 0 Å². The van der Waals surface area contributed by atoms with Gasteiger partial charge < -0.3 is 10.2 Å². The van der Waals surface area contributed by atoms with Crippen molar-refractivity contribution in [2.24, 2.45) is 7.05 Å². The van der Waals surface area contributed by atoms with Crippen LogP contribution in [0, 0.1) is 0 Å². The molecule has 0 bridgehead atoms. The van der Waals surface area contributed by atoms with Crippen LogP contribution in [0.5, 0.6) is 0 Å². The van der Waals surface area contributed by atoms with Gasteiger partial charge in [-0.2, -0.15) is 5.10 Å². The predicted molar refractivity (Wildman–Crippen MR) is 90.2 cm³/mol. The molecule has 1 N–H and O–H groups in total. The number of benzene rings is 1. The summed E-state index contributed by atoms with van der Waals surface area (Å²) in [4.78, 5) is 26.3. The Kier molecular flexibility index (Phi) is 4.64. The molecular weight excluding hydrogens is 304 g/mol. The molecular formula is C18H22N4O2. The predicted octanol–water partition coefficient (Wildman–Crippen LogP) is 1.64. The third-order valence-electron chi connectivity index (χ3n) is 4.41. The second kappa shape index (κ2) is 6.86. The van der Waals surface area contributed by atoms with Crippen molar-refractivity contribution in [2.75, 3.05) is 6.54 Å². The largest absolute Gasteiger partial charge is 0.347 e. The SMILES string of the molecule is CCC(=O)N1CCc2c(c(C(=O)NCc3ccccc3)nn2C)C1. The van der Waals surface area contributed by atoms with Gasteiger partial charge in [-0.1, -0.05) is 37.3 Å². The second-order valence-corrected chi connectivity index (χ2v) is 5.98. The molecule has 24 heavy (non-hydrogen) atoms. The molecule has 0 saturated carbocycles. The molecule has 3 rings (SSSR count). The van der Waals surface area contributed by atoms with E-state index in [4.69, 9.17) is 0 Å². The van der Waals surface area contributed by atoms with Gasteiger partial charge in [0.15, 0.2) is 5.69 Å². The maximum Gasteiger partial charge on any atom is 0.272 e. The van der Waals surface area contributed by atoms with Gasteiger partial charge in [0.1, 0.15) is 0 Å². The van der Waals surface area contributed by atoms with E-state index >= 15 is 0 Å². The van der Waals surface area contributed by atoms with Crippen LogP contribution in [0.1, 0.15) is 40.7 Å². The van der Waals surface area contributed by atoms with Gasteiger partial charge in [-0.3, -0.25) is 14.3 Å². The van der Waals surface area contributed by atoms with E-state index in [1.165, 1.54) is 0 Å². The quantitative estimate of drug-likeness (QED) is 0.929. The summed E-state index contributed by atoms with van der Waals surface area (Å²) in [5, 5.41) is 7.31. The lowest BCUT2D eigenvalue weighted by molar-refractivity contribution is -0.131. The standard InChI is InChI=1S/C18H22N4O2/c1-3-16(23)22-10-9-15-14(12-22)17(20-21(15)2)18(24)19-11-13-7-5-4-6-8-13/h4-8H,3,9-12H2,1-2H3,(H,19,24). The fourth-order valence-electron chi connectivity index (χ4n) is 3.07. The third kappa shape index (κ3) is 3.18. The van der Waals surface area contributed by atoms with Gasteiger partial charge in [0, 0.05) is 50.8 Å². The van der Waals surface area contributed by atoms with Crippen LogP contribution in [0.2, 0.25) is 0 Å². The minimum absolute atomic E-state index is 0.111. The minimum Gasteiger partial charge on any atom is -0.347 e. The number of carbonyl (C=O) groups is 2. The number of aryl methyl sites for hydroxylation is 1. The topological polar surface area (TPSA) is 67.2 Å². The molecule has 0 aliphatic carbocycles. The molecule has 6 nitrogen and oxygen atoms in total. The van der Waals surface area contributed by atoms with Crippen LogP contribution in [0.25, 0.3) is 0 Å². The molecule has 0 spiro atoms. The van der Waals surface area contributed by atoms with Crippen LogP contribution in [-0.2, 0) is 31.4 Å². The van der Waals surface area contributed by atoms with Crippen LogP contribution in [0.15, 0.2) is 30.3 Å². The maximum absolute atomic E-state index is 12.6. The Balaban J connectivity index is 1.77. The van der Waals surface area contributed by atoms with Crippen LogP contribution in [-0.4, -0.2) is 33.0 Å². The van der Waals surface area contributed by atoms with Crippen LogP contribution in [0.3, 0.4) is 0 Å². The summed E-state index contributed by atoms with van der Waals surface area (Å²) < 4.78 is 1.76. The zero-order valence-corrected chi connectivity index (χ0v) is 14.1. The van der Waals surface area contributed by atoms with Gasteiger partial charge >= 0.3 is 0 Å². The second-order valence-electron chi connectivity index (χ2n) is 5.98. The highest BCUT2D eigenvalue weighted by molar-refractivity contribution is 5.94. The van der Waals surface area contributed by atoms with Crippen LogP contribution < -0.4 is 5.32 Å². The highest BCUT2D eigenvalue weighted by atomic mass is 16.2. The Morgan fingerprint density at radius 3 is 2.71 bits per heavy atom. The Hall–Kier alpha value is -2.63. The van der Waals surface area contributed by atoms with Gasteiger partial charge in [0.25, 0.3) is 5.91 Å². The van der Waals surface area contributed by atoms with Crippen LogP contribution in [0.4, 0.5) is 0 Å². The lowest BCUT2D eigenvalue weighted by Crippen LogP contribution is -2.36. The number of nitrogens with one attached hydrogen (secondary N) is 1. The number of rotatable bonds is 4. The molecule has 0 saturated heterocycles. The minimum atomic E-state index is -0.193. The lowest BCUT2D eigenvalue weighted by atomic mass is 10.0. The van der Waals surface area contributed by atoms with Crippen LogP contribution >= 0.6 is 0 Å². The zero-order chi connectivity index (χ0) is 17.1. The molecule has 6 heteroatoms. The number of fused-ring (bicyclic) bond motifs is 1. The monoisotopic (exact) mass is 326 g/mol. The van der Waals surface area contributed by atoms with Crippen molar-refractivity contribution in [3.63, 3.8) is 0 Å². The zero-order valence-electron chi connectivity index (χ0n) is 14.1. The molecule has 2 aromatic rings. The summed E-state index contributed by atoms with van der Waals surface area (Å²) in [5.41, 5.74) is 3.38. The fraction of sp³-hybridized carbons (Fsp3) is 0.389. The molecule has 1 aliphatic heterocycles. The number of amides is 2. The van der Waals surface area contributed by atoms with Crippen molar-refractivity contribution >= 4 is 11.8 Å². The van der Waals surface area contributed by atoms with Crippen molar-refractivity contribution in [2.45, 2.75) is 32.9 Å². The average Bonchev–Trinajstić information content (AvgIpc) is 2.96. The Labute approximate surface area is 141 Å². The third-order valence-corrected chi connectivity index (χ3v) is 4.41. The smallest absolute Gasteiger partial charge is 0.272 e. The van der Waals surface area contributed by atoms with Gasteiger partial charge in [-0.25, -0.2) is 0 Å². The van der Waals surface area contributed by atoms with Crippen molar-refractivity contribution < 1.29 is 9.59 Å². The number of hydrogen-bond acceptors (Lipinski definition) is 3. The van der Waals surface area contributed by atoms with E-state index in [0.717, 1.165) is 23.2 Å². The molecule has 1 aliphatic rings. The molecule has 1 aromatic heterocycles. The first-order chi connectivity index (χ1) is 11.6. The van der Waals surface area contributed by atoms with E-state index in [1.807, 2.05) is 44.3 Å².